The first kappa shape index (κ1) is 17.4. The van der Waals surface area contributed by atoms with Crippen LogP contribution in [0.15, 0.2) is 23.5 Å². The fourth-order valence-corrected chi connectivity index (χ4v) is 3.19. The van der Waals surface area contributed by atoms with Crippen LogP contribution in [-0.2, 0) is 12.8 Å². The number of rotatable bonds is 6. The van der Waals surface area contributed by atoms with Crippen molar-refractivity contribution in [2.24, 2.45) is 4.99 Å². The van der Waals surface area contributed by atoms with Crippen LogP contribution in [-0.4, -0.2) is 36.1 Å². The zero-order valence-electron chi connectivity index (χ0n) is 14.3. The van der Waals surface area contributed by atoms with Gasteiger partial charge in [0.2, 0.25) is 0 Å². The van der Waals surface area contributed by atoms with Crippen molar-refractivity contribution in [1.29, 1.82) is 0 Å². The van der Waals surface area contributed by atoms with Gasteiger partial charge in [-0.3, -0.25) is 9.98 Å². The van der Waals surface area contributed by atoms with E-state index in [2.05, 4.69) is 52.4 Å². The number of aromatic nitrogens is 2. The molecule has 23 heavy (non-hydrogen) atoms. The lowest BCUT2D eigenvalue weighted by atomic mass is 10.1. The summed E-state index contributed by atoms with van der Waals surface area (Å²) in [5, 5.41) is 7.87. The van der Waals surface area contributed by atoms with Crippen LogP contribution in [0.3, 0.4) is 0 Å². The van der Waals surface area contributed by atoms with E-state index in [1.165, 1.54) is 21.0 Å². The molecule has 2 heterocycles. The maximum atomic E-state index is 4.56. The van der Waals surface area contributed by atoms with Gasteiger partial charge in [-0.1, -0.05) is 0 Å². The number of thiazole rings is 1. The molecule has 0 saturated carbocycles. The lowest BCUT2D eigenvalue weighted by Gasteiger charge is -2.12. The Labute approximate surface area is 142 Å². The van der Waals surface area contributed by atoms with Crippen LogP contribution >= 0.6 is 11.3 Å². The zero-order chi connectivity index (χ0) is 16.7. The smallest absolute Gasteiger partial charge is 0.191 e. The van der Waals surface area contributed by atoms with Crippen molar-refractivity contribution in [3.05, 3.63) is 45.2 Å². The summed E-state index contributed by atoms with van der Waals surface area (Å²) in [5.74, 6) is 0.835. The largest absolute Gasteiger partial charge is 0.356 e. The second-order valence-electron chi connectivity index (χ2n) is 5.48. The van der Waals surface area contributed by atoms with Gasteiger partial charge in [-0.2, -0.15) is 0 Å². The molecular weight excluding hydrogens is 306 g/mol. The van der Waals surface area contributed by atoms with Crippen molar-refractivity contribution in [3.63, 3.8) is 0 Å². The average molecular weight is 331 g/mol. The molecule has 2 aromatic heterocycles. The second kappa shape index (κ2) is 8.62. The maximum absolute atomic E-state index is 4.56. The van der Waals surface area contributed by atoms with E-state index in [-0.39, 0.29) is 0 Å². The van der Waals surface area contributed by atoms with E-state index in [1.807, 2.05) is 12.4 Å². The van der Waals surface area contributed by atoms with Crippen LogP contribution in [0, 0.1) is 20.8 Å². The van der Waals surface area contributed by atoms with E-state index in [0.717, 1.165) is 37.6 Å². The molecule has 124 valence electrons. The van der Waals surface area contributed by atoms with E-state index in [4.69, 9.17) is 0 Å². The molecule has 0 aliphatic carbocycles. The minimum absolute atomic E-state index is 0.834. The van der Waals surface area contributed by atoms with Gasteiger partial charge in [-0.15, -0.1) is 11.3 Å². The molecule has 0 fully saturated rings. The lowest BCUT2D eigenvalue weighted by Crippen LogP contribution is -2.39. The summed E-state index contributed by atoms with van der Waals surface area (Å²) in [6, 6.07) is 2.07. The summed E-state index contributed by atoms with van der Waals surface area (Å²) in [7, 11) is 1.80. The van der Waals surface area contributed by atoms with Crippen LogP contribution in [0.4, 0.5) is 0 Å². The number of nitrogens with zero attached hydrogens (tertiary/aromatic N) is 3. The van der Waals surface area contributed by atoms with Gasteiger partial charge in [-0.25, -0.2) is 4.98 Å². The van der Waals surface area contributed by atoms with Crippen molar-refractivity contribution in [2.75, 3.05) is 20.1 Å². The third kappa shape index (κ3) is 5.32. The Morgan fingerprint density at radius 2 is 1.91 bits per heavy atom. The van der Waals surface area contributed by atoms with Crippen molar-refractivity contribution >= 4 is 17.3 Å². The topological polar surface area (TPSA) is 62.2 Å². The Morgan fingerprint density at radius 1 is 1.17 bits per heavy atom. The van der Waals surface area contributed by atoms with E-state index in [1.54, 1.807) is 18.4 Å². The van der Waals surface area contributed by atoms with Crippen molar-refractivity contribution in [3.8, 4) is 0 Å². The highest BCUT2D eigenvalue weighted by Crippen LogP contribution is 2.16. The standard InChI is InChI=1S/C17H25N5S/c1-12-11-19-8-5-15(12)6-9-20-17(18-4)21-10-7-16-22-13(2)14(3)23-16/h5,8,11H,6-7,9-10H2,1-4H3,(H2,18,20,21). The predicted molar refractivity (Wildman–Crippen MR) is 97.3 cm³/mol. The number of aliphatic imine (C=N–C) groups is 1. The fourth-order valence-electron chi connectivity index (χ4n) is 2.25. The molecule has 0 spiro atoms. The van der Waals surface area contributed by atoms with E-state index in [9.17, 15) is 0 Å². The lowest BCUT2D eigenvalue weighted by molar-refractivity contribution is 0.779. The molecular formula is C17H25N5S. The molecule has 0 saturated heterocycles. The molecule has 0 radical (unpaired) electrons. The van der Waals surface area contributed by atoms with E-state index in [0.29, 0.717) is 0 Å². The SMILES string of the molecule is CN=C(NCCc1nc(C)c(C)s1)NCCc1ccncc1C. The highest BCUT2D eigenvalue weighted by molar-refractivity contribution is 7.11. The van der Waals surface area contributed by atoms with Crippen LogP contribution in [0.5, 0.6) is 0 Å². The van der Waals surface area contributed by atoms with Crippen molar-refractivity contribution < 1.29 is 0 Å². The monoisotopic (exact) mass is 331 g/mol. The van der Waals surface area contributed by atoms with Gasteiger partial charge in [0, 0.05) is 43.8 Å². The van der Waals surface area contributed by atoms with Crippen LogP contribution in [0.25, 0.3) is 0 Å². The van der Waals surface area contributed by atoms with Gasteiger partial charge in [0.15, 0.2) is 5.96 Å². The summed E-state index contributed by atoms with van der Waals surface area (Å²) < 4.78 is 0. The normalized spacial score (nSPS) is 11.6. The Balaban J connectivity index is 1.72. The predicted octanol–water partition coefficient (Wildman–Crippen LogP) is 2.41. The van der Waals surface area contributed by atoms with E-state index >= 15 is 0 Å². The summed E-state index contributed by atoms with van der Waals surface area (Å²) >= 11 is 1.77. The molecule has 2 rings (SSSR count). The molecule has 2 N–H and O–H groups in total. The number of hydrogen-bond acceptors (Lipinski definition) is 4. The van der Waals surface area contributed by atoms with Gasteiger partial charge in [0.05, 0.1) is 10.7 Å². The Kier molecular flexibility index (Phi) is 6.52. The molecule has 0 aliphatic heterocycles. The number of hydrogen-bond donors (Lipinski definition) is 2. The molecule has 0 aromatic carbocycles. The third-order valence-corrected chi connectivity index (χ3v) is 4.88. The van der Waals surface area contributed by atoms with Gasteiger partial charge >= 0.3 is 0 Å². The molecule has 5 nitrogen and oxygen atoms in total. The van der Waals surface area contributed by atoms with Crippen molar-refractivity contribution in [1.82, 2.24) is 20.6 Å². The second-order valence-corrected chi connectivity index (χ2v) is 6.76. The summed E-state index contributed by atoms with van der Waals surface area (Å²) in [6.07, 6.45) is 5.62. The highest BCUT2D eigenvalue weighted by atomic mass is 32.1. The molecule has 0 bridgehead atoms. The van der Waals surface area contributed by atoms with Crippen LogP contribution in [0.1, 0.15) is 26.7 Å². The number of guanidine groups is 1. The Hall–Kier alpha value is -1.95. The maximum Gasteiger partial charge on any atom is 0.191 e. The van der Waals surface area contributed by atoms with Gasteiger partial charge in [0.25, 0.3) is 0 Å². The first-order chi connectivity index (χ1) is 11.1. The number of aryl methyl sites for hydroxylation is 3. The van der Waals surface area contributed by atoms with E-state index < -0.39 is 0 Å². The quantitative estimate of drug-likeness (QED) is 0.630. The van der Waals surface area contributed by atoms with Gasteiger partial charge in [0.1, 0.15) is 0 Å². The molecule has 0 atom stereocenters. The van der Waals surface area contributed by atoms with Gasteiger partial charge in [-0.05, 0) is 44.4 Å². The van der Waals surface area contributed by atoms with Crippen LogP contribution in [0.2, 0.25) is 0 Å². The third-order valence-electron chi connectivity index (χ3n) is 3.75. The highest BCUT2D eigenvalue weighted by Gasteiger charge is 2.04. The molecule has 0 unspecified atom stereocenters. The fraction of sp³-hybridized carbons (Fsp3) is 0.471. The Morgan fingerprint density at radius 3 is 2.52 bits per heavy atom. The minimum atomic E-state index is 0.834. The molecule has 0 amide bonds. The zero-order valence-corrected chi connectivity index (χ0v) is 15.1. The number of nitrogens with one attached hydrogen (secondary N) is 2. The van der Waals surface area contributed by atoms with Crippen LogP contribution < -0.4 is 10.6 Å². The summed E-state index contributed by atoms with van der Waals surface area (Å²) in [5.41, 5.74) is 3.68. The Bertz CT molecular complexity index is 643. The minimum Gasteiger partial charge on any atom is -0.356 e. The average Bonchev–Trinajstić information content (AvgIpc) is 2.86. The summed E-state index contributed by atoms with van der Waals surface area (Å²) in [6.45, 7) is 7.95. The van der Waals surface area contributed by atoms with Gasteiger partial charge < -0.3 is 10.6 Å². The summed E-state index contributed by atoms with van der Waals surface area (Å²) in [4.78, 5) is 14.2. The molecule has 6 heteroatoms. The molecule has 0 aliphatic rings. The molecule has 2 aromatic rings. The van der Waals surface area contributed by atoms with Crippen molar-refractivity contribution in [2.45, 2.75) is 33.6 Å². The first-order valence-electron chi connectivity index (χ1n) is 7.87. The first-order valence-corrected chi connectivity index (χ1v) is 8.68. The number of pyridine rings is 1.